The lowest BCUT2D eigenvalue weighted by Gasteiger charge is -2.44. The van der Waals surface area contributed by atoms with E-state index in [0.717, 1.165) is 36.8 Å². The highest BCUT2D eigenvalue weighted by Gasteiger charge is 2.50. The van der Waals surface area contributed by atoms with E-state index in [1.165, 1.54) is 15.5 Å². The van der Waals surface area contributed by atoms with Crippen molar-refractivity contribution in [3.63, 3.8) is 0 Å². The molecule has 2 fully saturated rings. The van der Waals surface area contributed by atoms with E-state index in [4.69, 9.17) is 14.2 Å². The monoisotopic (exact) mass is 571 g/mol. The van der Waals surface area contributed by atoms with Crippen molar-refractivity contribution in [1.82, 2.24) is 14.4 Å². The number of methoxy groups -OCH3 is 2. The van der Waals surface area contributed by atoms with Crippen LogP contribution < -0.4 is 10.3 Å². The van der Waals surface area contributed by atoms with E-state index in [9.17, 15) is 24.6 Å². The van der Waals surface area contributed by atoms with E-state index in [1.54, 1.807) is 38.4 Å². The van der Waals surface area contributed by atoms with Crippen molar-refractivity contribution in [2.24, 2.45) is 13.0 Å². The molecule has 11 nitrogen and oxygen atoms in total. The minimum absolute atomic E-state index is 0.00779. The van der Waals surface area contributed by atoms with Crippen LogP contribution in [0, 0.1) is 5.92 Å². The van der Waals surface area contributed by atoms with Gasteiger partial charge in [0.25, 0.3) is 5.56 Å². The van der Waals surface area contributed by atoms with Crippen molar-refractivity contribution in [1.29, 1.82) is 0 Å². The Kier molecular flexibility index (Phi) is 10.1. The number of piperidine rings is 1. The summed E-state index contributed by atoms with van der Waals surface area (Å²) in [4.78, 5) is 41.6. The molecule has 0 unspecified atom stereocenters. The van der Waals surface area contributed by atoms with Gasteiger partial charge in [0.2, 0.25) is 5.91 Å². The van der Waals surface area contributed by atoms with Gasteiger partial charge in [0.05, 0.1) is 12.5 Å². The molecule has 11 heteroatoms. The standard InChI is InChI=1S/C30H41N3O8/c1-31-10-8-23(18-27(31)34)30(38)9-11-32(29(36)37)20-26(30)28(35)33(24-6-7-24)19-22-15-21(5-4-12-39-2)16-25(17-22)41-14-13-40-3/h8,10,15-18,24,26,38H,4-7,9,11-14,19-20H2,1-3H3,(H,36,37)/t26-,30+/m1/s1. The van der Waals surface area contributed by atoms with E-state index >= 15 is 0 Å². The lowest BCUT2D eigenvalue weighted by atomic mass is 9.75. The Balaban J connectivity index is 1.65. The molecule has 2 N–H and O–H groups in total. The number of aromatic nitrogens is 1. The Morgan fingerprint density at radius 1 is 1.07 bits per heavy atom. The second kappa shape index (κ2) is 13.5. The van der Waals surface area contributed by atoms with Crippen LogP contribution >= 0.6 is 0 Å². The van der Waals surface area contributed by atoms with E-state index < -0.39 is 17.6 Å². The fourth-order valence-corrected chi connectivity index (χ4v) is 5.44. The number of likely N-dealkylation sites (tertiary alicyclic amines) is 1. The number of amides is 2. The van der Waals surface area contributed by atoms with Gasteiger partial charge in [-0.1, -0.05) is 6.07 Å². The number of ether oxygens (including phenoxy) is 3. The molecular weight excluding hydrogens is 530 g/mol. The maximum absolute atomic E-state index is 14.3. The molecule has 1 aromatic heterocycles. The maximum Gasteiger partial charge on any atom is 0.407 e. The number of hydrogen-bond acceptors (Lipinski definition) is 7. The Morgan fingerprint density at radius 3 is 2.46 bits per heavy atom. The van der Waals surface area contributed by atoms with E-state index in [1.807, 2.05) is 12.1 Å². The first-order chi connectivity index (χ1) is 19.7. The van der Waals surface area contributed by atoms with Crippen molar-refractivity contribution in [2.75, 3.05) is 47.1 Å². The number of carbonyl (C=O) groups excluding carboxylic acids is 1. The van der Waals surface area contributed by atoms with E-state index in [0.29, 0.717) is 37.7 Å². The highest BCUT2D eigenvalue weighted by molar-refractivity contribution is 5.82. The van der Waals surface area contributed by atoms with Gasteiger partial charge in [-0.2, -0.15) is 0 Å². The Labute approximate surface area is 240 Å². The molecule has 1 aromatic carbocycles. The van der Waals surface area contributed by atoms with E-state index in [2.05, 4.69) is 6.07 Å². The molecular formula is C30H41N3O8. The second-order valence-electron chi connectivity index (χ2n) is 10.9. The van der Waals surface area contributed by atoms with Crippen molar-refractivity contribution >= 4 is 12.0 Å². The van der Waals surface area contributed by atoms with Crippen LogP contribution in [0.3, 0.4) is 0 Å². The molecule has 2 aliphatic rings. The summed E-state index contributed by atoms with van der Waals surface area (Å²) in [5.41, 5.74) is 0.277. The number of carboxylic acid groups (broad SMARTS) is 1. The first kappa shape index (κ1) is 30.5. The molecule has 2 atom stereocenters. The average Bonchev–Trinajstić information content (AvgIpc) is 3.79. The zero-order chi connectivity index (χ0) is 29.6. The van der Waals surface area contributed by atoms with Gasteiger partial charge in [-0.25, -0.2) is 4.79 Å². The SMILES string of the molecule is COCCCc1cc(CN(C(=O)[C@H]2CN(C(=O)O)CC[C@]2(O)c2ccn(C)c(=O)c2)C2CC2)cc(OCCOC)c1. The summed E-state index contributed by atoms with van der Waals surface area (Å²) in [6.45, 7) is 1.64. The normalized spacial score (nSPS) is 20.6. The maximum atomic E-state index is 14.3. The number of pyridine rings is 1. The summed E-state index contributed by atoms with van der Waals surface area (Å²) in [6.07, 6.45) is 3.69. The number of hydrogen-bond donors (Lipinski definition) is 2. The van der Waals surface area contributed by atoms with Crippen LogP contribution in [0.2, 0.25) is 0 Å². The van der Waals surface area contributed by atoms with Crippen molar-refractivity contribution in [3.8, 4) is 5.75 Å². The number of carbonyl (C=O) groups is 2. The predicted molar refractivity (Wildman–Crippen MR) is 151 cm³/mol. The fourth-order valence-electron chi connectivity index (χ4n) is 5.44. The lowest BCUT2D eigenvalue weighted by Crippen LogP contribution is -2.57. The molecule has 2 amide bonds. The topological polar surface area (TPSA) is 131 Å². The summed E-state index contributed by atoms with van der Waals surface area (Å²) in [5, 5.41) is 21.7. The van der Waals surface area contributed by atoms with Gasteiger partial charge in [0, 0.05) is 65.8 Å². The van der Waals surface area contributed by atoms with Crippen LogP contribution in [-0.4, -0.2) is 89.8 Å². The van der Waals surface area contributed by atoms with Crippen LogP contribution in [0.15, 0.2) is 41.3 Å². The molecule has 1 saturated heterocycles. The smallest absolute Gasteiger partial charge is 0.407 e. The zero-order valence-electron chi connectivity index (χ0n) is 24.1. The molecule has 2 heterocycles. The minimum atomic E-state index is -1.68. The predicted octanol–water partition coefficient (Wildman–Crippen LogP) is 2.37. The highest BCUT2D eigenvalue weighted by Crippen LogP contribution is 2.40. The van der Waals surface area contributed by atoms with Gasteiger partial charge in [0.1, 0.15) is 18.0 Å². The molecule has 41 heavy (non-hydrogen) atoms. The fraction of sp³-hybridized carbons (Fsp3) is 0.567. The number of aliphatic hydroxyl groups is 1. The summed E-state index contributed by atoms with van der Waals surface area (Å²) < 4.78 is 17.6. The number of rotatable bonds is 13. The summed E-state index contributed by atoms with van der Waals surface area (Å²) in [5.74, 6) is -0.711. The first-order valence-corrected chi connectivity index (χ1v) is 14.1. The third-order valence-electron chi connectivity index (χ3n) is 7.93. The molecule has 0 bridgehead atoms. The molecule has 2 aromatic rings. The summed E-state index contributed by atoms with van der Waals surface area (Å²) >= 11 is 0. The van der Waals surface area contributed by atoms with Gasteiger partial charge in [0.15, 0.2) is 0 Å². The Hall–Kier alpha value is -3.41. The van der Waals surface area contributed by atoms with Crippen molar-refractivity contribution in [2.45, 2.75) is 50.3 Å². The molecule has 1 saturated carbocycles. The molecule has 0 radical (unpaired) electrons. The molecule has 224 valence electrons. The van der Waals surface area contributed by atoms with Crippen LogP contribution in [0.4, 0.5) is 4.79 Å². The quantitative estimate of drug-likeness (QED) is 0.351. The van der Waals surface area contributed by atoms with Crippen LogP contribution in [-0.2, 0) is 39.9 Å². The number of benzene rings is 1. The van der Waals surface area contributed by atoms with Gasteiger partial charge in [-0.15, -0.1) is 0 Å². The van der Waals surface area contributed by atoms with E-state index in [-0.39, 0.29) is 37.0 Å². The average molecular weight is 572 g/mol. The van der Waals surface area contributed by atoms with Gasteiger partial charge >= 0.3 is 6.09 Å². The summed E-state index contributed by atoms with van der Waals surface area (Å²) in [6, 6.07) is 8.91. The molecule has 4 rings (SSSR count). The highest BCUT2D eigenvalue weighted by atomic mass is 16.5. The van der Waals surface area contributed by atoms with Gasteiger partial charge in [-0.3, -0.25) is 9.59 Å². The van der Waals surface area contributed by atoms with Gasteiger partial charge < -0.3 is 38.8 Å². The second-order valence-corrected chi connectivity index (χ2v) is 10.9. The summed E-state index contributed by atoms with van der Waals surface area (Å²) in [7, 11) is 4.89. The molecule has 1 aliphatic carbocycles. The Morgan fingerprint density at radius 2 is 1.80 bits per heavy atom. The van der Waals surface area contributed by atoms with Gasteiger partial charge in [-0.05, 0) is 67.0 Å². The van der Waals surface area contributed by atoms with Crippen LogP contribution in [0.5, 0.6) is 5.75 Å². The zero-order valence-corrected chi connectivity index (χ0v) is 24.1. The number of nitrogens with zero attached hydrogens (tertiary/aromatic N) is 3. The third-order valence-corrected chi connectivity index (χ3v) is 7.93. The molecule has 0 spiro atoms. The van der Waals surface area contributed by atoms with Crippen molar-refractivity contribution in [3.05, 3.63) is 63.6 Å². The third kappa shape index (κ3) is 7.46. The Bertz CT molecular complexity index is 1250. The minimum Gasteiger partial charge on any atom is -0.491 e. The van der Waals surface area contributed by atoms with Crippen LogP contribution in [0.25, 0.3) is 0 Å². The largest absolute Gasteiger partial charge is 0.491 e. The van der Waals surface area contributed by atoms with Crippen molar-refractivity contribution < 1.29 is 34.0 Å². The van der Waals surface area contributed by atoms with Crippen LogP contribution in [0.1, 0.15) is 42.4 Å². The number of aryl methyl sites for hydroxylation is 2. The lowest BCUT2D eigenvalue weighted by molar-refractivity contribution is -0.154. The first-order valence-electron chi connectivity index (χ1n) is 14.1. The molecule has 1 aliphatic heterocycles.